The zero-order valence-electron chi connectivity index (χ0n) is 19.3. The van der Waals surface area contributed by atoms with Crippen LogP contribution in [-0.2, 0) is 27.4 Å². The summed E-state index contributed by atoms with van der Waals surface area (Å²) in [6, 6.07) is 25.7. The number of carbonyl (C=O) groups is 3. The van der Waals surface area contributed by atoms with Crippen molar-refractivity contribution in [1.82, 2.24) is 10.6 Å². The molecule has 0 unspecified atom stereocenters. The molecule has 0 saturated carbocycles. The van der Waals surface area contributed by atoms with Gasteiger partial charge in [0.25, 0.3) is 5.91 Å². The van der Waals surface area contributed by atoms with E-state index in [2.05, 4.69) is 16.0 Å². The SMILES string of the molecule is C[C@@]1(NC(=O)CCc2ccccc2NC(=O)OCc2ccccc2)C(=O)N[C@H]1Oc1ccccc1. The number of amides is 3. The number of aryl methyl sites for hydroxylation is 1. The van der Waals surface area contributed by atoms with Crippen molar-refractivity contribution in [3.63, 3.8) is 0 Å². The second-order valence-electron chi connectivity index (χ2n) is 8.38. The van der Waals surface area contributed by atoms with Crippen molar-refractivity contribution in [2.24, 2.45) is 0 Å². The molecule has 2 atom stereocenters. The summed E-state index contributed by atoms with van der Waals surface area (Å²) in [7, 11) is 0. The summed E-state index contributed by atoms with van der Waals surface area (Å²) >= 11 is 0. The van der Waals surface area contributed by atoms with Crippen LogP contribution in [0.15, 0.2) is 84.9 Å². The molecule has 1 aliphatic heterocycles. The molecule has 8 heteroatoms. The minimum absolute atomic E-state index is 0.124. The van der Waals surface area contributed by atoms with Crippen molar-refractivity contribution in [3.8, 4) is 5.75 Å². The minimum atomic E-state index is -1.17. The summed E-state index contributed by atoms with van der Waals surface area (Å²) in [4.78, 5) is 37.2. The first-order valence-electron chi connectivity index (χ1n) is 11.3. The van der Waals surface area contributed by atoms with Gasteiger partial charge in [-0.3, -0.25) is 14.9 Å². The second-order valence-corrected chi connectivity index (χ2v) is 8.38. The Balaban J connectivity index is 1.30. The summed E-state index contributed by atoms with van der Waals surface area (Å²) in [5, 5.41) is 8.21. The normalized spacial score (nSPS) is 18.5. The van der Waals surface area contributed by atoms with Gasteiger partial charge in [-0.1, -0.05) is 66.7 Å². The minimum Gasteiger partial charge on any atom is -0.468 e. The molecule has 0 aliphatic carbocycles. The standard InChI is InChI=1S/C27H27N3O5/c1-27(24(32)29-25(27)35-21-13-6-3-7-14-21)30-23(31)17-16-20-12-8-9-15-22(20)28-26(33)34-18-19-10-4-2-5-11-19/h2-15,25H,16-18H2,1H3,(H,28,33)(H,29,32)(H,30,31)/t25-,27+/m0/s1. The van der Waals surface area contributed by atoms with Crippen LogP contribution in [0.2, 0.25) is 0 Å². The molecule has 1 fully saturated rings. The molecule has 1 heterocycles. The van der Waals surface area contributed by atoms with E-state index in [1.165, 1.54) is 0 Å². The smallest absolute Gasteiger partial charge is 0.411 e. The topological polar surface area (TPSA) is 106 Å². The highest BCUT2D eigenvalue weighted by molar-refractivity contribution is 5.97. The number of para-hydroxylation sites is 2. The number of hydrogen-bond acceptors (Lipinski definition) is 5. The molecule has 3 aromatic carbocycles. The number of carbonyl (C=O) groups excluding carboxylic acids is 3. The van der Waals surface area contributed by atoms with Crippen LogP contribution in [0.4, 0.5) is 10.5 Å². The lowest BCUT2D eigenvalue weighted by Crippen LogP contribution is -2.79. The molecule has 0 radical (unpaired) electrons. The molecule has 0 bridgehead atoms. The van der Waals surface area contributed by atoms with Gasteiger partial charge in [-0.15, -0.1) is 0 Å². The maximum atomic E-state index is 12.7. The number of rotatable bonds is 9. The monoisotopic (exact) mass is 473 g/mol. The molecule has 35 heavy (non-hydrogen) atoms. The van der Waals surface area contributed by atoms with E-state index in [9.17, 15) is 14.4 Å². The fourth-order valence-electron chi connectivity index (χ4n) is 3.69. The Hall–Kier alpha value is -4.33. The number of benzene rings is 3. The van der Waals surface area contributed by atoms with Crippen molar-refractivity contribution >= 4 is 23.6 Å². The van der Waals surface area contributed by atoms with Gasteiger partial charge >= 0.3 is 6.09 Å². The molecule has 8 nitrogen and oxygen atoms in total. The van der Waals surface area contributed by atoms with E-state index in [0.29, 0.717) is 17.9 Å². The number of anilines is 1. The second kappa shape index (κ2) is 10.7. The van der Waals surface area contributed by atoms with Gasteiger partial charge in [0, 0.05) is 12.1 Å². The van der Waals surface area contributed by atoms with Crippen LogP contribution in [0.1, 0.15) is 24.5 Å². The van der Waals surface area contributed by atoms with E-state index in [1.54, 1.807) is 31.2 Å². The molecule has 0 spiro atoms. The predicted octanol–water partition coefficient (Wildman–Crippen LogP) is 3.78. The average molecular weight is 474 g/mol. The Morgan fingerprint density at radius 2 is 1.60 bits per heavy atom. The van der Waals surface area contributed by atoms with Gasteiger partial charge < -0.3 is 20.1 Å². The first-order valence-corrected chi connectivity index (χ1v) is 11.3. The van der Waals surface area contributed by atoms with Gasteiger partial charge in [0.05, 0.1) is 0 Å². The van der Waals surface area contributed by atoms with Gasteiger partial charge in [0.2, 0.25) is 12.1 Å². The summed E-state index contributed by atoms with van der Waals surface area (Å²) in [6.45, 7) is 1.79. The van der Waals surface area contributed by atoms with Crippen LogP contribution in [0.25, 0.3) is 0 Å². The highest BCUT2D eigenvalue weighted by Crippen LogP contribution is 2.25. The first-order chi connectivity index (χ1) is 16.9. The van der Waals surface area contributed by atoms with Crippen molar-refractivity contribution < 1.29 is 23.9 Å². The van der Waals surface area contributed by atoms with Crippen molar-refractivity contribution in [3.05, 3.63) is 96.1 Å². The quantitative estimate of drug-likeness (QED) is 0.410. The number of ether oxygens (including phenoxy) is 2. The maximum Gasteiger partial charge on any atom is 0.411 e. The van der Waals surface area contributed by atoms with Gasteiger partial charge in [-0.25, -0.2) is 4.79 Å². The van der Waals surface area contributed by atoms with Crippen LogP contribution in [0.3, 0.4) is 0 Å². The van der Waals surface area contributed by atoms with E-state index in [-0.39, 0.29) is 24.8 Å². The zero-order chi connectivity index (χ0) is 24.7. The molecule has 3 amide bonds. The van der Waals surface area contributed by atoms with Crippen molar-refractivity contribution in [1.29, 1.82) is 0 Å². The Kier molecular flexibility index (Phi) is 7.30. The van der Waals surface area contributed by atoms with E-state index in [4.69, 9.17) is 9.47 Å². The molecule has 3 N–H and O–H groups in total. The van der Waals surface area contributed by atoms with Gasteiger partial charge in [0.1, 0.15) is 12.4 Å². The molecule has 1 saturated heterocycles. The molecule has 3 aromatic rings. The van der Waals surface area contributed by atoms with E-state index in [1.807, 2.05) is 60.7 Å². The largest absolute Gasteiger partial charge is 0.468 e. The Bertz CT molecular complexity index is 1190. The number of β-lactam (4-membered cyclic amide) rings is 1. The summed E-state index contributed by atoms with van der Waals surface area (Å²) < 4.78 is 11.1. The van der Waals surface area contributed by atoms with Gasteiger partial charge in [-0.2, -0.15) is 0 Å². The third-order valence-corrected chi connectivity index (χ3v) is 5.74. The van der Waals surface area contributed by atoms with E-state index >= 15 is 0 Å². The fourth-order valence-corrected chi connectivity index (χ4v) is 3.69. The molecule has 4 rings (SSSR count). The highest BCUT2D eigenvalue weighted by Gasteiger charge is 2.54. The zero-order valence-corrected chi connectivity index (χ0v) is 19.3. The molecule has 0 aromatic heterocycles. The lowest BCUT2D eigenvalue weighted by molar-refractivity contribution is -0.153. The third-order valence-electron chi connectivity index (χ3n) is 5.74. The molecular formula is C27H27N3O5. The van der Waals surface area contributed by atoms with Gasteiger partial charge in [-0.05, 0) is 42.7 Å². The van der Waals surface area contributed by atoms with E-state index in [0.717, 1.165) is 11.1 Å². The Labute approximate surface area is 203 Å². The molecular weight excluding hydrogens is 446 g/mol. The molecule has 1 aliphatic rings. The fraction of sp³-hybridized carbons (Fsp3) is 0.222. The van der Waals surface area contributed by atoms with Gasteiger partial charge in [0.15, 0.2) is 5.54 Å². The molecule has 180 valence electrons. The van der Waals surface area contributed by atoms with Crippen LogP contribution in [0, 0.1) is 0 Å². The van der Waals surface area contributed by atoms with Crippen LogP contribution in [0.5, 0.6) is 5.75 Å². The number of nitrogens with one attached hydrogen (secondary N) is 3. The van der Waals surface area contributed by atoms with E-state index < -0.39 is 17.9 Å². The summed E-state index contributed by atoms with van der Waals surface area (Å²) in [5.41, 5.74) is 1.05. The Morgan fingerprint density at radius 3 is 2.31 bits per heavy atom. The summed E-state index contributed by atoms with van der Waals surface area (Å²) in [6.07, 6.45) is -0.762. The van der Waals surface area contributed by atoms with Crippen molar-refractivity contribution in [2.75, 3.05) is 5.32 Å². The third kappa shape index (κ3) is 5.97. The predicted molar refractivity (Wildman–Crippen MR) is 131 cm³/mol. The lowest BCUT2D eigenvalue weighted by atomic mass is 9.90. The lowest BCUT2D eigenvalue weighted by Gasteiger charge is -2.45. The van der Waals surface area contributed by atoms with Crippen LogP contribution in [-0.4, -0.2) is 29.7 Å². The first kappa shape index (κ1) is 23.8. The van der Waals surface area contributed by atoms with Crippen molar-refractivity contribution in [2.45, 2.75) is 38.1 Å². The van der Waals surface area contributed by atoms with Crippen LogP contribution >= 0.6 is 0 Å². The highest BCUT2D eigenvalue weighted by atomic mass is 16.5. The number of hydrogen-bond donors (Lipinski definition) is 3. The maximum absolute atomic E-state index is 12.7. The Morgan fingerprint density at radius 1 is 0.943 bits per heavy atom. The average Bonchev–Trinajstić information content (AvgIpc) is 2.88. The summed E-state index contributed by atoms with van der Waals surface area (Å²) in [5.74, 6) is -0.0161. The van der Waals surface area contributed by atoms with Crippen LogP contribution < -0.4 is 20.7 Å².